The number of benzene rings is 1. The first kappa shape index (κ1) is 16.9. The standard InChI is InChI=1S/C16H21BrO3/c1-20-16(19)8-6-4-2-3-5-7-15(18)13-9-11-14(17)12-10-13/h9-12H,2-8H2,1H3. The predicted octanol–water partition coefficient (Wildman–Crippen LogP) is 4.54. The summed E-state index contributed by atoms with van der Waals surface area (Å²) < 4.78 is 5.57. The lowest BCUT2D eigenvalue weighted by atomic mass is 10.0. The van der Waals surface area contributed by atoms with Gasteiger partial charge < -0.3 is 4.74 Å². The van der Waals surface area contributed by atoms with Gasteiger partial charge in [-0.05, 0) is 25.0 Å². The number of ketones is 1. The summed E-state index contributed by atoms with van der Waals surface area (Å²) in [4.78, 5) is 22.8. The Labute approximate surface area is 128 Å². The minimum absolute atomic E-state index is 0.143. The number of esters is 1. The zero-order valence-electron chi connectivity index (χ0n) is 11.9. The molecule has 0 saturated carbocycles. The molecule has 0 aliphatic rings. The second kappa shape index (κ2) is 9.70. The number of carbonyl (C=O) groups is 2. The Hall–Kier alpha value is -1.16. The molecule has 1 aromatic rings. The molecule has 4 heteroatoms. The average molecular weight is 341 g/mol. The lowest BCUT2D eigenvalue weighted by Crippen LogP contribution is -2.00. The van der Waals surface area contributed by atoms with Crippen molar-refractivity contribution in [1.82, 2.24) is 0 Å². The van der Waals surface area contributed by atoms with E-state index in [4.69, 9.17) is 0 Å². The van der Waals surface area contributed by atoms with Crippen molar-refractivity contribution >= 4 is 27.7 Å². The third kappa shape index (κ3) is 6.85. The van der Waals surface area contributed by atoms with Crippen molar-refractivity contribution in [1.29, 1.82) is 0 Å². The van der Waals surface area contributed by atoms with Crippen LogP contribution in [0.1, 0.15) is 55.3 Å². The van der Waals surface area contributed by atoms with E-state index in [0.29, 0.717) is 12.8 Å². The van der Waals surface area contributed by atoms with Crippen molar-refractivity contribution < 1.29 is 14.3 Å². The molecule has 0 radical (unpaired) electrons. The number of halogens is 1. The van der Waals surface area contributed by atoms with E-state index in [1.807, 2.05) is 24.3 Å². The zero-order valence-corrected chi connectivity index (χ0v) is 13.4. The maximum absolute atomic E-state index is 11.9. The SMILES string of the molecule is COC(=O)CCCCCCCC(=O)c1ccc(Br)cc1. The average Bonchev–Trinajstić information content (AvgIpc) is 2.46. The Morgan fingerprint density at radius 2 is 1.50 bits per heavy atom. The number of carbonyl (C=O) groups excluding carboxylic acids is 2. The molecule has 0 saturated heterocycles. The van der Waals surface area contributed by atoms with Gasteiger partial charge in [0.1, 0.15) is 0 Å². The summed E-state index contributed by atoms with van der Waals surface area (Å²) in [6, 6.07) is 7.48. The minimum Gasteiger partial charge on any atom is -0.469 e. The van der Waals surface area contributed by atoms with E-state index in [-0.39, 0.29) is 11.8 Å². The van der Waals surface area contributed by atoms with Crippen LogP contribution < -0.4 is 0 Å². The summed E-state index contributed by atoms with van der Waals surface area (Å²) >= 11 is 3.35. The van der Waals surface area contributed by atoms with Crippen LogP contribution in [0, 0.1) is 0 Å². The van der Waals surface area contributed by atoms with Crippen LogP contribution in [0.4, 0.5) is 0 Å². The molecule has 0 aliphatic heterocycles. The summed E-state index contributed by atoms with van der Waals surface area (Å²) in [7, 11) is 1.41. The lowest BCUT2D eigenvalue weighted by Gasteiger charge is -2.02. The molecule has 0 aliphatic carbocycles. The molecule has 0 unspecified atom stereocenters. The van der Waals surface area contributed by atoms with Crippen molar-refractivity contribution in [3.8, 4) is 0 Å². The summed E-state index contributed by atoms with van der Waals surface area (Å²) in [5.74, 6) is 0.0578. The molecule has 0 aromatic heterocycles. The van der Waals surface area contributed by atoms with Gasteiger partial charge in [0.2, 0.25) is 0 Å². The molecule has 110 valence electrons. The second-order valence-electron chi connectivity index (χ2n) is 4.77. The molecule has 0 heterocycles. The van der Waals surface area contributed by atoms with Gasteiger partial charge in [0, 0.05) is 22.9 Å². The van der Waals surface area contributed by atoms with Crippen molar-refractivity contribution in [2.75, 3.05) is 7.11 Å². The Bertz CT molecular complexity index is 426. The van der Waals surface area contributed by atoms with E-state index in [1.165, 1.54) is 7.11 Å². The molecular formula is C16H21BrO3. The fourth-order valence-electron chi connectivity index (χ4n) is 1.97. The second-order valence-corrected chi connectivity index (χ2v) is 5.69. The number of ether oxygens (including phenoxy) is 1. The maximum atomic E-state index is 11.9. The summed E-state index contributed by atoms with van der Waals surface area (Å²) in [5.41, 5.74) is 0.777. The first-order valence-electron chi connectivity index (χ1n) is 6.99. The Balaban J connectivity index is 2.08. The van der Waals surface area contributed by atoms with Gasteiger partial charge in [0.15, 0.2) is 5.78 Å². The quantitative estimate of drug-likeness (QED) is 0.376. The highest BCUT2D eigenvalue weighted by Gasteiger charge is 2.05. The van der Waals surface area contributed by atoms with Gasteiger partial charge >= 0.3 is 5.97 Å². The summed E-state index contributed by atoms with van der Waals surface area (Å²) in [6.07, 6.45) is 5.98. The molecular weight excluding hydrogens is 320 g/mol. The Kier molecular flexibility index (Phi) is 8.19. The number of methoxy groups -OCH3 is 1. The van der Waals surface area contributed by atoms with Crippen LogP contribution >= 0.6 is 15.9 Å². The Morgan fingerprint density at radius 1 is 0.950 bits per heavy atom. The third-order valence-electron chi connectivity index (χ3n) is 3.18. The first-order chi connectivity index (χ1) is 9.63. The van der Waals surface area contributed by atoms with Crippen LogP contribution in [-0.4, -0.2) is 18.9 Å². The molecule has 0 amide bonds. The summed E-state index contributed by atoms with van der Waals surface area (Å²) in [5, 5.41) is 0. The zero-order chi connectivity index (χ0) is 14.8. The fraction of sp³-hybridized carbons (Fsp3) is 0.500. The highest BCUT2D eigenvalue weighted by molar-refractivity contribution is 9.10. The van der Waals surface area contributed by atoms with Gasteiger partial charge in [-0.25, -0.2) is 0 Å². The van der Waals surface area contributed by atoms with Crippen molar-refractivity contribution in [3.63, 3.8) is 0 Å². The van der Waals surface area contributed by atoms with E-state index in [2.05, 4.69) is 20.7 Å². The molecule has 1 aromatic carbocycles. The number of Topliss-reactive ketones (excluding diaryl/α,β-unsaturated/α-hetero) is 1. The van der Waals surface area contributed by atoms with Crippen LogP contribution in [0.3, 0.4) is 0 Å². The number of hydrogen-bond acceptors (Lipinski definition) is 3. The van der Waals surface area contributed by atoms with E-state index in [0.717, 1.165) is 42.1 Å². The normalized spacial score (nSPS) is 10.3. The van der Waals surface area contributed by atoms with Crippen LogP contribution in [0.2, 0.25) is 0 Å². The fourth-order valence-corrected chi connectivity index (χ4v) is 2.23. The molecule has 0 atom stereocenters. The number of hydrogen-bond donors (Lipinski definition) is 0. The monoisotopic (exact) mass is 340 g/mol. The smallest absolute Gasteiger partial charge is 0.305 e. The first-order valence-corrected chi connectivity index (χ1v) is 7.78. The molecule has 20 heavy (non-hydrogen) atoms. The maximum Gasteiger partial charge on any atom is 0.305 e. The molecule has 0 fully saturated rings. The van der Waals surface area contributed by atoms with Gasteiger partial charge in [0.25, 0.3) is 0 Å². The van der Waals surface area contributed by atoms with Crippen LogP contribution in [0.25, 0.3) is 0 Å². The minimum atomic E-state index is -0.143. The topological polar surface area (TPSA) is 43.4 Å². The van der Waals surface area contributed by atoms with Crippen molar-refractivity contribution in [3.05, 3.63) is 34.3 Å². The molecule has 0 bridgehead atoms. The van der Waals surface area contributed by atoms with E-state index in [1.54, 1.807) is 0 Å². The van der Waals surface area contributed by atoms with Gasteiger partial charge in [-0.2, -0.15) is 0 Å². The lowest BCUT2D eigenvalue weighted by molar-refractivity contribution is -0.140. The number of unbranched alkanes of at least 4 members (excludes halogenated alkanes) is 4. The van der Waals surface area contributed by atoms with Gasteiger partial charge in [0.05, 0.1) is 7.11 Å². The highest BCUT2D eigenvalue weighted by atomic mass is 79.9. The molecule has 0 N–H and O–H groups in total. The van der Waals surface area contributed by atoms with Crippen molar-refractivity contribution in [2.24, 2.45) is 0 Å². The largest absolute Gasteiger partial charge is 0.469 e. The third-order valence-corrected chi connectivity index (χ3v) is 3.71. The summed E-state index contributed by atoms with van der Waals surface area (Å²) in [6.45, 7) is 0. The van der Waals surface area contributed by atoms with Gasteiger partial charge in [-0.15, -0.1) is 0 Å². The number of rotatable bonds is 9. The Morgan fingerprint density at radius 3 is 2.10 bits per heavy atom. The highest BCUT2D eigenvalue weighted by Crippen LogP contribution is 2.14. The van der Waals surface area contributed by atoms with Crippen molar-refractivity contribution in [2.45, 2.75) is 44.9 Å². The molecule has 3 nitrogen and oxygen atoms in total. The van der Waals surface area contributed by atoms with Crippen LogP contribution in [0.5, 0.6) is 0 Å². The van der Waals surface area contributed by atoms with E-state index < -0.39 is 0 Å². The van der Waals surface area contributed by atoms with E-state index in [9.17, 15) is 9.59 Å². The van der Waals surface area contributed by atoms with Gasteiger partial charge in [-0.1, -0.05) is 47.3 Å². The van der Waals surface area contributed by atoms with Crippen LogP contribution in [0.15, 0.2) is 28.7 Å². The molecule has 1 rings (SSSR count). The predicted molar refractivity (Wildman–Crippen MR) is 82.8 cm³/mol. The van der Waals surface area contributed by atoms with Gasteiger partial charge in [-0.3, -0.25) is 9.59 Å². The van der Waals surface area contributed by atoms with E-state index >= 15 is 0 Å². The molecule has 0 spiro atoms. The van der Waals surface area contributed by atoms with Crippen LogP contribution in [-0.2, 0) is 9.53 Å².